The average Bonchev–Trinajstić information content (AvgIpc) is 3.14. The number of carbonyl (C=O) groups is 1. The molecule has 0 unspecified atom stereocenters. The number of rotatable bonds is 7. The first kappa shape index (κ1) is 19.0. The molecule has 3 rings (SSSR count). The van der Waals surface area contributed by atoms with Crippen LogP contribution < -0.4 is 4.90 Å². The van der Waals surface area contributed by atoms with Crippen molar-refractivity contribution in [3.63, 3.8) is 0 Å². The summed E-state index contributed by atoms with van der Waals surface area (Å²) in [5.74, 6) is -0.0919. The molecule has 1 heterocycles. The molecule has 27 heavy (non-hydrogen) atoms. The number of fused-ring (bicyclic) bond motifs is 1. The molecule has 138 valence electrons. The molecule has 0 fully saturated rings. The normalized spacial score (nSPS) is 10.9. The summed E-state index contributed by atoms with van der Waals surface area (Å²) in [6.45, 7) is 7.47. The third-order valence-corrected chi connectivity index (χ3v) is 5.61. The minimum atomic E-state index is -0.0919. The van der Waals surface area contributed by atoms with Crippen LogP contribution >= 0.6 is 11.3 Å². The summed E-state index contributed by atoms with van der Waals surface area (Å²) >= 11 is 1.53. The zero-order chi connectivity index (χ0) is 19.2. The molecule has 5 nitrogen and oxygen atoms in total. The van der Waals surface area contributed by atoms with E-state index >= 15 is 0 Å². The number of anilines is 1. The molecule has 0 aliphatic heterocycles. The maximum atomic E-state index is 13.2. The number of hydrogen-bond acceptors (Lipinski definition) is 5. The second-order valence-electron chi connectivity index (χ2n) is 6.14. The summed E-state index contributed by atoms with van der Waals surface area (Å²) < 4.78 is 1.06. The van der Waals surface area contributed by atoms with E-state index < -0.39 is 0 Å². The van der Waals surface area contributed by atoms with Gasteiger partial charge in [-0.15, -0.1) is 0 Å². The zero-order valence-electron chi connectivity index (χ0n) is 15.6. The SMILES string of the molecule is CCN(CC)CCN(C(=O)c1ccc(C#N)cc1)c1nc2ccccc2s1. The van der Waals surface area contributed by atoms with E-state index in [0.29, 0.717) is 22.8 Å². The van der Waals surface area contributed by atoms with Gasteiger partial charge in [-0.3, -0.25) is 9.69 Å². The van der Waals surface area contributed by atoms with Crippen LogP contribution in [-0.2, 0) is 0 Å². The molecule has 0 saturated carbocycles. The number of amides is 1. The Morgan fingerprint density at radius 1 is 1.07 bits per heavy atom. The molecule has 6 heteroatoms. The molecular formula is C21H22N4OS. The van der Waals surface area contributed by atoms with Gasteiger partial charge in [0.05, 0.1) is 21.8 Å². The topological polar surface area (TPSA) is 60.2 Å². The summed E-state index contributed by atoms with van der Waals surface area (Å²) in [6.07, 6.45) is 0. The molecule has 0 radical (unpaired) electrons. The fourth-order valence-corrected chi connectivity index (χ4v) is 3.87. The van der Waals surface area contributed by atoms with Crippen molar-refractivity contribution in [2.45, 2.75) is 13.8 Å². The van der Waals surface area contributed by atoms with E-state index in [9.17, 15) is 4.79 Å². The van der Waals surface area contributed by atoms with E-state index in [0.717, 1.165) is 29.9 Å². The van der Waals surface area contributed by atoms with E-state index in [2.05, 4.69) is 29.8 Å². The standard InChI is InChI=1S/C21H22N4OS/c1-3-24(4-2)13-14-25(20(26)17-11-9-16(15-22)10-12-17)21-23-18-7-5-6-8-19(18)27-21/h5-12H,3-4,13-14H2,1-2H3. The summed E-state index contributed by atoms with van der Waals surface area (Å²) in [6, 6.07) is 16.8. The molecule has 2 aromatic carbocycles. The molecule has 0 atom stereocenters. The number of thiazole rings is 1. The predicted octanol–water partition coefficient (Wildman–Crippen LogP) is 4.16. The minimum Gasteiger partial charge on any atom is -0.302 e. The molecule has 1 amide bonds. The Balaban J connectivity index is 1.92. The molecule has 0 aliphatic carbocycles. The van der Waals surface area contributed by atoms with E-state index in [1.807, 2.05) is 24.3 Å². The highest BCUT2D eigenvalue weighted by Crippen LogP contribution is 2.29. The third-order valence-electron chi connectivity index (χ3n) is 4.55. The Labute approximate surface area is 163 Å². The van der Waals surface area contributed by atoms with Crippen LogP contribution in [-0.4, -0.2) is 42.0 Å². The quantitative estimate of drug-likeness (QED) is 0.619. The average molecular weight is 379 g/mol. The summed E-state index contributed by atoms with van der Waals surface area (Å²) in [5.41, 5.74) is 2.01. The highest BCUT2D eigenvalue weighted by molar-refractivity contribution is 7.22. The van der Waals surface area contributed by atoms with Crippen LogP contribution in [0.2, 0.25) is 0 Å². The lowest BCUT2D eigenvalue weighted by Crippen LogP contribution is -2.38. The van der Waals surface area contributed by atoms with Crippen molar-refractivity contribution in [1.29, 1.82) is 5.26 Å². The van der Waals surface area contributed by atoms with Crippen molar-refractivity contribution < 1.29 is 4.79 Å². The molecule has 0 N–H and O–H groups in total. The fourth-order valence-electron chi connectivity index (χ4n) is 2.88. The van der Waals surface area contributed by atoms with Crippen molar-refractivity contribution in [1.82, 2.24) is 9.88 Å². The molecule has 0 aliphatic rings. The first-order valence-electron chi connectivity index (χ1n) is 9.06. The largest absolute Gasteiger partial charge is 0.302 e. The Kier molecular flexibility index (Phi) is 6.17. The Morgan fingerprint density at radius 2 is 1.78 bits per heavy atom. The van der Waals surface area contributed by atoms with Gasteiger partial charge >= 0.3 is 0 Å². The molecule has 0 bridgehead atoms. The molecule has 0 saturated heterocycles. The second kappa shape index (κ2) is 8.76. The number of para-hydroxylation sites is 1. The smallest absolute Gasteiger partial charge is 0.260 e. The van der Waals surface area contributed by atoms with Gasteiger partial charge in [-0.05, 0) is 49.5 Å². The van der Waals surface area contributed by atoms with Crippen LogP contribution in [0.5, 0.6) is 0 Å². The maximum absolute atomic E-state index is 13.2. The van der Waals surface area contributed by atoms with Gasteiger partial charge < -0.3 is 4.90 Å². The number of hydrogen-bond donors (Lipinski definition) is 0. The minimum absolute atomic E-state index is 0.0919. The lowest BCUT2D eigenvalue weighted by atomic mass is 10.1. The highest BCUT2D eigenvalue weighted by atomic mass is 32.1. The van der Waals surface area contributed by atoms with Crippen molar-refractivity contribution in [2.24, 2.45) is 0 Å². The summed E-state index contributed by atoms with van der Waals surface area (Å²) in [7, 11) is 0. The van der Waals surface area contributed by atoms with Gasteiger partial charge in [-0.25, -0.2) is 4.98 Å². The van der Waals surface area contributed by atoms with E-state index in [1.54, 1.807) is 29.2 Å². The van der Waals surface area contributed by atoms with Crippen LogP contribution in [0.25, 0.3) is 10.2 Å². The van der Waals surface area contributed by atoms with Gasteiger partial charge in [0.2, 0.25) is 0 Å². The van der Waals surface area contributed by atoms with Gasteiger partial charge in [0.25, 0.3) is 5.91 Å². The van der Waals surface area contributed by atoms with Gasteiger partial charge in [0.15, 0.2) is 5.13 Å². The number of benzene rings is 2. The number of carbonyl (C=O) groups excluding carboxylic acids is 1. The lowest BCUT2D eigenvalue weighted by Gasteiger charge is -2.24. The van der Waals surface area contributed by atoms with Crippen LogP contribution in [0, 0.1) is 11.3 Å². The van der Waals surface area contributed by atoms with Gasteiger partial charge in [-0.2, -0.15) is 5.26 Å². The van der Waals surface area contributed by atoms with Crippen LogP contribution in [0.1, 0.15) is 29.8 Å². The van der Waals surface area contributed by atoms with E-state index in [4.69, 9.17) is 5.26 Å². The van der Waals surface area contributed by atoms with Gasteiger partial charge in [-0.1, -0.05) is 37.3 Å². The Morgan fingerprint density at radius 3 is 2.41 bits per heavy atom. The van der Waals surface area contributed by atoms with E-state index in [-0.39, 0.29) is 5.91 Å². The number of nitrogens with zero attached hydrogens (tertiary/aromatic N) is 4. The summed E-state index contributed by atoms with van der Waals surface area (Å²) in [5, 5.41) is 9.68. The summed E-state index contributed by atoms with van der Waals surface area (Å²) in [4.78, 5) is 21.9. The molecular weight excluding hydrogens is 356 g/mol. The second-order valence-corrected chi connectivity index (χ2v) is 7.15. The van der Waals surface area contributed by atoms with Gasteiger partial charge in [0, 0.05) is 18.7 Å². The van der Waals surface area contributed by atoms with Crippen molar-refractivity contribution in [3.05, 3.63) is 59.7 Å². The first-order valence-corrected chi connectivity index (χ1v) is 9.87. The lowest BCUT2D eigenvalue weighted by molar-refractivity contribution is 0.0984. The number of likely N-dealkylation sites (N-methyl/N-ethyl adjacent to an activating group) is 1. The van der Waals surface area contributed by atoms with Gasteiger partial charge in [0.1, 0.15) is 0 Å². The fraction of sp³-hybridized carbons (Fsp3) is 0.286. The number of aromatic nitrogens is 1. The van der Waals surface area contributed by atoms with Crippen LogP contribution in [0.15, 0.2) is 48.5 Å². The first-order chi connectivity index (χ1) is 13.2. The highest BCUT2D eigenvalue weighted by Gasteiger charge is 2.21. The molecule has 1 aromatic heterocycles. The predicted molar refractivity (Wildman–Crippen MR) is 110 cm³/mol. The Hall–Kier alpha value is -2.75. The molecule has 0 spiro atoms. The monoisotopic (exact) mass is 378 g/mol. The zero-order valence-corrected chi connectivity index (χ0v) is 16.4. The van der Waals surface area contributed by atoms with Crippen LogP contribution in [0.4, 0.5) is 5.13 Å². The number of nitriles is 1. The Bertz CT molecular complexity index is 921. The maximum Gasteiger partial charge on any atom is 0.260 e. The third kappa shape index (κ3) is 4.33. The van der Waals surface area contributed by atoms with Crippen molar-refractivity contribution in [2.75, 3.05) is 31.1 Å². The van der Waals surface area contributed by atoms with E-state index in [1.165, 1.54) is 11.3 Å². The van der Waals surface area contributed by atoms with Crippen LogP contribution in [0.3, 0.4) is 0 Å². The van der Waals surface area contributed by atoms with Crippen molar-refractivity contribution in [3.8, 4) is 6.07 Å². The van der Waals surface area contributed by atoms with Crippen molar-refractivity contribution >= 4 is 32.6 Å². The molecule has 3 aromatic rings.